The third-order valence-electron chi connectivity index (χ3n) is 5.13. The maximum absolute atomic E-state index is 13.0. The molecule has 0 fully saturated rings. The first-order chi connectivity index (χ1) is 16.8. The SMILES string of the molecule is CC(C)=CCC/C(C)=C/COc1c(OC(=O)c2ccccc2)c2cccc(OC(C)C)c2oc1=O. The largest absolute Gasteiger partial charge is 0.487 e. The molecule has 0 radical (unpaired) electrons. The van der Waals surface area contributed by atoms with E-state index in [4.69, 9.17) is 18.6 Å². The number of benzene rings is 2. The van der Waals surface area contributed by atoms with Crippen molar-refractivity contribution in [3.05, 3.63) is 87.8 Å². The number of rotatable bonds is 10. The maximum atomic E-state index is 13.0. The fraction of sp³-hybridized carbons (Fsp3) is 0.310. The summed E-state index contributed by atoms with van der Waals surface area (Å²) in [7, 11) is 0. The molecule has 6 nitrogen and oxygen atoms in total. The van der Waals surface area contributed by atoms with E-state index in [9.17, 15) is 9.59 Å². The van der Waals surface area contributed by atoms with E-state index in [1.807, 2.05) is 26.8 Å². The van der Waals surface area contributed by atoms with Crippen LogP contribution in [0.5, 0.6) is 17.2 Å². The first-order valence-electron chi connectivity index (χ1n) is 11.7. The number of esters is 1. The summed E-state index contributed by atoms with van der Waals surface area (Å²) < 4.78 is 22.9. The monoisotopic (exact) mass is 476 g/mol. The van der Waals surface area contributed by atoms with Crippen LogP contribution in [-0.2, 0) is 0 Å². The number of allylic oxidation sites excluding steroid dienone is 3. The second-order valence-electron chi connectivity index (χ2n) is 8.78. The van der Waals surface area contributed by atoms with E-state index in [1.165, 1.54) is 5.57 Å². The second-order valence-corrected chi connectivity index (χ2v) is 8.78. The van der Waals surface area contributed by atoms with Crippen LogP contribution in [0.2, 0.25) is 0 Å². The van der Waals surface area contributed by atoms with Gasteiger partial charge in [-0.05, 0) is 77.8 Å². The number of fused-ring (bicyclic) bond motifs is 1. The quantitative estimate of drug-likeness (QED) is 0.181. The molecule has 0 N–H and O–H groups in total. The third kappa shape index (κ3) is 7.09. The zero-order valence-corrected chi connectivity index (χ0v) is 20.9. The highest BCUT2D eigenvalue weighted by Gasteiger charge is 2.23. The number of ether oxygens (including phenoxy) is 3. The average molecular weight is 477 g/mol. The van der Waals surface area contributed by atoms with Gasteiger partial charge in [0.25, 0.3) is 0 Å². The van der Waals surface area contributed by atoms with Crippen LogP contribution in [0.1, 0.15) is 57.8 Å². The van der Waals surface area contributed by atoms with Crippen LogP contribution in [-0.4, -0.2) is 18.7 Å². The summed E-state index contributed by atoms with van der Waals surface area (Å²) in [5.41, 5.74) is 2.20. The van der Waals surface area contributed by atoms with E-state index in [2.05, 4.69) is 19.9 Å². The molecule has 1 aromatic heterocycles. The fourth-order valence-corrected chi connectivity index (χ4v) is 3.41. The van der Waals surface area contributed by atoms with Crippen molar-refractivity contribution in [2.24, 2.45) is 0 Å². The molecule has 0 saturated heterocycles. The Morgan fingerprint density at radius 3 is 2.40 bits per heavy atom. The zero-order valence-electron chi connectivity index (χ0n) is 20.9. The molecule has 3 rings (SSSR count). The predicted octanol–water partition coefficient (Wildman–Crippen LogP) is 6.87. The van der Waals surface area contributed by atoms with E-state index < -0.39 is 11.6 Å². The predicted molar refractivity (Wildman–Crippen MR) is 138 cm³/mol. The van der Waals surface area contributed by atoms with Crippen molar-refractivity contribution in [3.8, 4) is 17.2 Å². The van der Waals surface area contributed by atoms with E-state index in [-0.39, 0.29) is 29.8 Å². The van der Waals surface area contributed by atoms with Gasteiger partial charge in [0.05, 0.1) is 17.1 Å². The number of para-hydroxylation sites is 1. The molecule has 35 heavy (non-hydrogen) atoms. The van der Waals surface area contributed by atoms with Crippen molar-refractivity contribution >= 4 is 16.9 Å². The van der Waals surface area contributed by atoms with E-state index in [1.54, 1.807) is 48.5 Å². The Kier molecular flexibility index (Phi) is 8.90. The van der Waals surface area contributed by atoms with Crippen LogP contribution in [0.4, 0.5) is 0 Å². The molecule has 0 amide bonds. The molecule has 0 aliphatic heterocycles. The smallest absolute Gasteiger partial charge is 0.383 e. The van der Waals surface area contributed by atoms with Crippen molar-refractivity contribution < 1.29 is 23.4 Å². The van der Waals surface area contributed by atoms with Gasteiger partial charge in [-0.25, -0.2) is 9.59 Å². The van der Waals surface area contributed by atoms with E-state index in [0.29, 0.717) is 16.7 Å². The highest BCUT2D eigenvalue weighted by molar-refractivity contribution is 5.96. The minimum Gasteiger partial charge on any atom is -0.487 e. The lowest BCUT2D eigenvalue weighted by Crippen LogP contribution is -2.15. The third-order valence-corrected chi connectivity index (χ3v) is 5.13. The Hall–Kier alpha value is -3.80. The van der Waals surface area contributed by atoms with Crippen LogP contribution in [0.15, 0.2) is 81.0 Å². The van der Waals surface area contributed by atoms with Gasteiger partial charge in [-0.1, -0.05) is 41.5 Å². The Labute approximate surface area is 205 Å². The summed E-state index contributed by atoms with van der Waals surface area (Å²) in [5, 5.41) is 0.409. The molecule has 2 aromatic carbocycles. The van der Waals surface area contributed by atoms with Gasteiger partial charge in [-0.3, -0.25) is 0 Å². The second kappa shape index (κ2) is 12.1. The fourth-order valence-electron chi connectivity index (χ4n) is 3.41. The summed E-state index contributed by atoms with van der Waals surface area (Å²) in [6.45, 7) is 10.0. The van der Waals surface area contributed by atoms with Crippen molar-refractivity contribution in [1.29, 1.82) is 0 Å². The number of carbonyl (C=O) groups excluding carboxylic acids is 1. The minimum absolute atomic E-state index is 0.00917. The van der Waals surface area contributed by atoms with Crippen LogP contribution in [0, 0.1) is 0 Å². The standard InChI is InChI=1S/C29H32O6/c1-19(2)11-9-12-21(5)17-18-32-27-26(35-28(30)22-13-7-6-8-14-22)23-15-10-16-24(33-20(3)4)25(23)34-29(27)31/h6-8,10-11,13-17,20H,9,12,18H2,1-5H3/b21-17+. The first-order valence-corrected chi connectivity index (χ1v) is 11.7. The normalized spacial score (nSPS) is 11.4. The molecule has 0 aliphatic rings. The topological polar surface area (TPSA) is 75.0 Å². The van der Waals surface area contributed by atoms with Crippen molar-refractivity contribution in [2.75, 3.05) is 6.61 Å². The van der Waals surface area contributed by atoms with Crippen molar-refractivity contribution in [3.63, 3.8) is 0 Å². The number of carbonyl (C=O) groups is 1. The van der Waals surface area contributed by atoms with Gasteiger partial charge < -0.3 is 18.6 Å². The van der Waals surface area contributed by atoms with Gasteiger partial charge in [0, 0.05) is 0 Å². The average Bonchev–Trinajstić information content (AvgIpc) is 2.81. The molecule has 0 aliphatic carbocycles. The van der Waals surface area contributed by atoms with Crippen LogP contribution < -0.4 is 19.8 Å². The molecular formula is C29H32O6. The highest BCUT2D eigenvalue weighted by atomic mass is 16.6. The van der Waals surface area contributed by atoms with Crippen LogP contribution in [0.3, 0.4) is 0 Å². The van der Waals surface area contributed by atoms with Crippen LogP contribution in [0.25, 0.3) is 11.0 Å². The summed E-state index contributed by atoms with van der Waals surface area (Å²) in [5.74, 6) is -0.370. The summed E-state index contributed by atoms with van der Waals surface area (Å²) in [6.07, 6.45) is 5.75. The minimum atomic E-state index is -0.747. The van der Waals surface area contributed by atoms with Gasteiger partial charge in [0.1, 0.15) is 6.61 Å². The van der Waals surface area contributed by atoms with Gasteiger partial charge in [0.15, 0.2) is 17.1 Å². The van der Waals surface area contributed by atoms with E-state index >= 15 is 0 Å². The molecule has 184 valence electrons. The maximum Gasteiger partial charge on any atom is 0.383 e. The van der Waals surface area contributed by atoms with Gasteiger partial charge in [-0.15, -0.1) is 0 Å². The summed E-state index contributed by atoms with van der Waals surface area (Å²) >= 11 is 0. The molecule has 1 heterocycles. The lowest BCUT2D eigenvalue weighted by molar-refractivity contribution is 0.0730. The van der Waals surface area contributed by atoms with Gasteiger partial charge >= 0.3 is 11.6 Å². The van der Waals surface area contributed by atoms with Gasteiger partial charge in [0.2, 0.25) is 5.75 Å². The molecule has 0 atom stereocenters. The van der Waals surface area contributed by atoms with Crippen LogP contribution >= 0.6 is 0 Å². The highest BCUT2D eigenvalue weighted by Crippen LogP contribution is 2.37. The molecule has 0 unspecified atom stereocenters. The van der Waals surface area contributed by atoms with Crippen molar-refractivity contribution in [2.45, 2.75) is 53.6 Å². The Bertz CT molecular complexity index is 1280. The molecule has 6 heteroatoms. The Morgan fingerprint density at radius 2 is 1.71 bits per heavy atom. The molecule has 0 saturated carbocycles. The number of hydrogen-bond acceptors (Lipinski definition) is 6. The van der Waals surface area contributed by atoms with Gasteiger partial charge in [-0.2, -0.15) is 0 Å². The summed E-state index contributed by atoms with van der Waals surface area (Å²) in [6, 6.07) is 13.7. The molecule has 0 spiro atoms. The lowest BCUT2D eigenvalue weighted by atomic mass is 10.1. The van der Waals surface area contributed by atoms with Crippen molar-refractivity contribution in [1.82, 2.24) is 0 Å². The Balaban J connectivity index is 1.98. The zero-order chi connectivity index (χ0) is 25.4. The molecule has 3 aromatic rings. The van der Waals surface area contributed by atoms with E-state index in [0.717, 1.165) is 18.4 Å². The first kappa shape index (κ1) is 25.8. The lowest BCUT2D eigenvalue weighted by Gasteiger charge is -2.15. The Morgan fingerprint density at radius 1 is 0.971 bits per heavy atom. The summed E-state index contributed by atoms with van der Waals surface area (Å²) in [4.78, 5) is 25.8. The molecule has 0 bridgehead atoms. The molecular weight excluding hydrogens is 444 g/mol. The number of hydrogen-bond donors (Lipinski definition) is 0.